The second-order valence-corrected chi connectivity index (χ2v) is 7.60. The van der Waals surface area contributed by atoms with Crippen LogP contribution in [0.1, 0.15) is 35.6 Å². The van der Waals surface area contributed by atoms with Gasteiger partial charge in [-0.3, -0.25) is 4.79 Å². The number of amides is 1. The third kappa shape index (κ3) is 3.88. The van der Waals surface area contributed by atoms with Crippen LogP contribution in [0.5, 0.6) is 0 Å². The molecule has 1 N–H and O–H groups in total. The van der Waals surface area contributed by atoms with E-state index in [0.717, 1.165) is 30.5 Å². The molecule has 0 radical (unpaired) electrons. The number of hydrogen-bond acceptors (Lipinski definition) is 5. The Kier molecular flexibility index (Phi) is 5.20. The molecule has 2 aromatic carbocycles. The van der Waals surface area contributed by atoms with Crippen molar-refractivity contribution in [2.75, 3.05) is 5.75 Å². The van der Waals surface area contributed by atoms with Crippen molar-refractivity contribution >= 4 is 17.7 Å². The number of carbonyl (C=O) groups is 1. The standard InChI is InChI=1S/C20H21N5OS/c1-14-7-2-5-12-18(14)25-20(22-23-24-25)27-13-19(26)21-17-11-6-9-15-8-3-4-10-16(15)17/h2-5,7-8,10,12,17H,6,9,11,13H2,1H3,(H,21,26)/t17-/m0/s1. The predicted octanol–water partition coefficient (Wildman–Crippen LogP) is 3.26. The summed E-state index contributed by atoms with van der Waals surface area (Å²) in [5.41, 5.74) is 4.58. The van der Waals surface area contributed by atoms with E-state index in [1.54, 1.807) is 4.68 Å². The van der Waals surface area contributed by atoms with Crippen LogP contribution in [0.2, 0.25) is 0 Å². The van der Waals surface area contributed by atoms with Gasteiger partial charge in [0.15, 0.2) is 0 Å². The maximum absolute atomic E-state index is 12.5. The van der Waals surface area contributed by atoms with Gasteiger partial charge in [-0.15, -0.1) is 5.10 Å². The minimum absolute atomic E-state index is 0.000960. The lowest BCUT2D eigenvalue weighted by molar-refractivity contribution is -0.119. The van der Waals surface area contributed by atoms with Gasteiger partial charge < -0.3 is 5.32 Å². The Balaban J connectivity index is 1.42. The number of aryl methyl sites for hydroxylation is 2. The monoisotopic (exact) mass is 379 g/mol. The van der Waals surface area contributed by atoms with E-state index >= 15 is 0 Å². The van der Waals surface area contributed by atoms with Crippen molar-refractivity contribution in [2.24, 2.45) is 0 Å². The van der Waals surface area contributed by atoms with Crippen LogP contribution in [-0.2, 0) is 11.2 Å². The van der Waals surface area contributed by atoms with Crippen molar-refractivity contribution in [1.82, 2.24) is 25.5 Å². The number of nitrogens with one attached hydrogen (secondary N) is 1. The highest BCUT2D eigenvalue weighted by Gasteiger charge is 2.22. The number of para-hydroxylation sites is 1. The number of rotatable bonds is 5. The molecule has 0 fully saturated rings. The lowest BCUT2D eigenvalue weighted by Crippen LogP contribution is -2.32. The highest BCUT2D eigenvalue weighted by Crippen LogP contribution is 2.29. The summed E-state index contributed by atoms with van der Waals surface area (Å²) >= 11 is 1.35. The number of nitrogens with zero attached hydrogens (tertiary/aromatic N) is 4. The normalized spacial score (nSPS) is 16.0. The molecule has 6 nitrogen and oxygen atoms in total. The van der Waals surface area contributed by atoms with E-state index in [1.807, 2.05) is 37.3 Å². The molecule has 1 amide bonds. The zero-order chi connectivity index (χ0) is 18.6. The summed E-state index contributed by atoms with van der Waals surface area (Å²) in [6.07, 6.45) is 3.16. The number of fused-ring (bicyclic) bond motifs is 1. The Morgan fingerprint density at radius 1 is 1.22 bits per heavy atom. The summed E-state index contributed by atoms with van der Waals surface area (Å²) in [6.45, 7) is 2.01. The second kappa shape index (κ2) is 7.92. The molecule has 4 rings (SSSR count). The smallest absolute Gasteiger partial charge is 0.230 e. The zero-order valence-electron chi connectivity index (χ0n) is 15.1. The van der Waals surface area contributed by atoms with Crippen LogP contribution < -0.4 is 5.32 Å². The highest BCUT2D eigenvalue weighted by atomic mass is 32.2. The van der Waals surface area contributed by atoms with E-state index in [1.165, 1.54) is 22.9 Å². The molecular formula is C20H21N5OS. The molecule has 1 aliphatic carbocycles. The van der Waals surface area contributed by atoms with Gasteiger partial charge in [-0.05, 0) is 59.4 Å². The molecule has 1 atom stereocenters. The fraction of sp³-hybridized carbons (Fsp3) is 0.300. The van der Waals surface area contributed by atoms with Crippen molar-refractivity contribution in [2.45, 2.75) is 37.4 Å². The Morgan fingerprint density at radius 3 is 2.93 bits per heavy atom. The van der Waals surface area contributed by atoms with Crippen molar-refractivity contribution in [3.8, 4) is 5.69 Å². The third-order valence-electron chi connectivity index (χ3n) is 4.82. The third-order valence-corrected chi connectivity index (χ3v) is 5.74. The summed E-state index contributed by atoms with van der Waals surface area (Å²) < 4.78 is 1.68. The van der Waals surface area contributed by atoms with Crippen LogP contribution >= 0.6 is 11.8 Å². The lowest BCUT2D eigenvalue weighted by atomic mass is 9.88. The fourth-order valence-corrected chi connectivity index (χ4v) is 4.19. The minimum atomic E-state index is 0.000960. The van der Waals surface area contributed by atoms with E-state index in [2.05, 4.69) is 39.0 Å². The number of benzene rings is 2. The molecule has 1 heterocycles. The fourth-order valence-electron chi connectivity index (χ4n) is 3.49. The molecule has 0 saturated heterocycles. The first kappa shape index (κ1) is 17.7. The first-order valence-corrected chi connectivity index (χ1v) is 10.1. The summed E-state index contributed by atoms with van der Waals surface area (Å²) in [5, 5.41) is 15.7. The van der Waals surface area contributed by atoms with Gasteiger partial charge in [0.25, 0.3) is 0 Å². The van der Waals surface area contributed by atoms with Gasteiger partial charge in [0.05, 0.1) is 17.5 Å². The highest BCUT2D eigenvalue weighted by molar-refractivity contribution is 7.99. The van der Waals surface area contributed by atoms with E-state index in [4.69, 9.17) is 0 Å². The van der Waals surface area contributed by atoms with Crippen molar-refractivity contribution in [3.05, 3.63) is 65.2 Å². The predicted molar refractivity (Wildman–Crippen MR) is 105 cm³/mol. The van der Waals surface area contributed by atoms with Gasteiger partial charge >= 0.3 is 0 Å². The average molecular weight is 379 g/mol. The van der Waals surface area contributed by atoms with Gasteiger partial charge in [0.2, 0.25) is 11.1 Å². The summed E-state index contributed by atoms with van der Waals surface area (Å²) in [4.78, 5) is 12.5. The molecule has 27 heavy (non-hydrogen) atoms. The van der Waals surface area contributed by atoms with Crippen LogP contribution in [-0.4, -0.2) is 31.9 Å². The van der Waals surface area contributed by atoms with Crippen LogP contribution in [0.4, 0.5) is 0 Å². The zero-order valence-corrected chi connectivity index (χ0v) is 15.9. The topological polar surface area (TPSA) is 72.7 Å². The van der Waals surface area contributed by atoms with Crippen molar-refractivity contribution in [1.29, 1.82) is 0 Å². The van der Waals surface area contributed by atoms with Crippen LogP contribution in [0.25, 0.3) is 5.69 Å². The molecule has 0 unspecified atom stereocenters. The van der Waals surface area contributed by atoms with Gasteiger partial charge in [0, 0.05) is 0 Å². The van der Waals surface area contributed by atoms with Gasteiger partial charge in [-0.1, -0.05) is 54.2 Å². The molecule has 0 bridgehead atoms. The Hall–Kier alpha value is -2.67. The second-order valence-electron chi connectivity index (χ2n) is 6.66. The molecule has 0 saturated carbocycles. The van der Waals surface area contributed by atoms with Crippen LogP contribution in [0, 0.1) is 6.92 Å². The van der Waals surface area contributed by atoms with E-state index in [9.17, 15) is 4.79 Å². The maximum Gasteiger partial charge on any atom is 0.230 e. The van der Waals surface area contributed by atoms with Crippen LogP contribution in [0.15, 0.2) is 53.7 Å². The first-order valence-electron chi connectivity index (χ1n) is 9.07. The van der Waals surface area contributed by atoms with Gasteiger partial charge in [0.1, 0.15) is 0 Å². The van der Waals surface area contributed by atoms with Crippen molar-refractivity contribution in [3.63, 3.8) is 0 Å². The largest absolute Gasteiger partial charge is 0.349 e. The van der Waals surface area contributed by atoms with Crippen LogP contribution in [0.3, 0.4) is 0 Å². The molecule has 0 aliphatic heterocycles. The molecule has 1 aromatic heterocycles. The Morgan fingerprint density at radius 2 is 2.04 bits per heavy atom. The van der Waals surface area contributed by atoms with Gasteiger partial charge in [-0.25, -0.2) is 0 Å². The number of carbonyl (C=O) groups excluding carboxylic acids is 1. The van der Waals surface area contributed by atoms with E-state index in [0.29, 0.717) is 5.16 Å². The number of hydrogen-bond donors (Lipinski definition) is 1. The van der Waals surface area contributed by atoms with Crippen molar-refractivity contribution < 1.29 is 4.79 Å². The molecule has 0 spiro atoms. The Bertz CT molecular complexity index is 955. The molecule has 138 valence electrons. The Labute approximate surface area is 162 Å². The number of aromatic nitrogens is 4. The van der Waals surface area contributed by atoms with Gasteiger partial charge in [-0.2, -0.15) is 4.68 Å². The summed E-state index contributed by atoms with van der Waals surface area (Å²) in [5.74, 6) is 0.284. The first-order chi connectivity index (χ1) is 13.2. The summed E-state index contributed by atoms with van der Waals surface area (Å²) in [6, 6.07) is 16.4. The quantitative estimate of drug-likeness (QED) is 0.689. The average Bonchev–Trinajstić information content (AvgIpc) is 3.15. The molecule has 7 heteroatoms. The molecule has 3 aromatic rings. The number of thioether (sulfide) groups is 1. The molecular weight excluding hydrogens is 358 g/mol. The maximum atomic E-state index is 12.5. The summed E-state index contributed by atoms with van der Waals surface area (Å²) in [7, 11) is 0. The minimum Gasteiger partial charge on any atom is -0.349 e. The van der Waals surface area contributed by atoms with E-state index < -0.39 is 0 Å². The lowest BCUT2D eigenvalue weighted by Gasteiger charge is -2.26. The van der Waals surface area contributed by atoms with E-state index in [-0.39, 0.29) is 17.7 Å². The number of tetrazole rings is 1. The SMILES string of the molecule is Cc1ccccc1-n1nnnc1SCC(=O)N[C@H]1CCCc2ccccc21. The molecule has 1 aliphatic rings.